The number of hydrogen-bond acceptors (Lipinski definition) is 7. The van der Waals surface area contributed by atoms with E-state index < -0.39 is 0 Å². The predicted octanol–water partition coefficient (Wildman–Crippen LogP) is 4.75. The molecule has 36 heavy (non-hydrogen) atoms. The summed E-state index contributed by atoms with van der Waals surface area (Å²) < 4.78 is 30.1. The molecule has 0 radical (unpaired) electrons. The lowest BCUT2D eigenvalue weighted by Crippen LogP contribution is -2.48. The van der Waals surface area contributed by atoms with E-state index in [1.54, 1.807) is 26.4 Å². The van der Waals surface area contributed by atoms with Gasteiger partial charge in [0, 0.05) is 43.2 Å². The first-order valence-electron chi connectivity index (χ1n) is 11.9. The Morgan fingerprint density at radius 1 is 1.08 bits per heavy atom. The van der Waals surface area contributed by atoms with E-state index in [0.29, 0.717) is 38.4 Å². The lowest BCUT2D eigenvalue weighted by Gasteiger charge is -2.34. The van der Waals surface area contributed by atoms with Crippen LogP contribution in [-0.2, 0) is 24.4 Å². The lowest BCUT2D eigenvalue weighted by molar-refractivity contribution is -0.0587. The largest absolute Gasteiger partial charge is 0.497 e. The number of aromatic nitrogens is 1. The van der Waals surface area contributed by atoms with Crippen molar-refractivity contribution in [1.82, 2.24) is 14.8 Å². The second kappa shape index (κ2) is 11.8. The van der Waals surface area contributed by atoms with E-state index >= 15 is 0 Å². The molecule has 0 N–H and O–H groups in total. The number of hydrogen-bond donors (Lipinski definition) is 0. The normalized spacial score (nSPS) is 17.9. The quantitative estimate of drug-likeness (QED) is 0.412. The van der Waals surface area contributed by atoms with Gasteiger partial charge in [-0.05, 0) is 37.6 Å². The number of halogens is 1. The van der Waals surface area contributed by atoms with Crippen LogP contribution >= 0.6 is 11.3 Å². The minimum atomic E-state index is -0.267. The van der Waals surface area contributed by atoms with Crippen LogP contribution in [0.15, 0.2) is 47.8 Å². The van der Waals surface area contributed by atoms with E-state index in [2.05, 4.69) is 9.88 Å². The summed E-state index contributed by atoms with van der Waals surface area (Å²) in [6, 6.07) is 12.2. The summed E-state index contributed by atoms with van der Waals surface area (Å²) in [5.41, 5.74) is 2.43. The molecule has 1 saturated heterocycles. The topological polar surface area (TPSA) is 64.1 Å². The summed E-state index contributed by atoms with van der Waals surface area (Å²) in [5, 5.41) is 2.66. The molecule has 1 aromatic heterocycles. The first kappa shape index (κ1) is 26.1. The zero-order valence-electron chi connectivity index (χ0n) is 21.1. The zero-order chi connectivity index (χ0) is 25.7. The van der Waals surface area contributed by atoms with Crippen LogP contribution in [0.3, 0.4) is 0 Å². The maximum Gasteiger partial charge on any atom is 0.273 e. The summed E-state index contributed by atoms with van der Waals surface area (Å²) in [5.74, 6) is 1.11. The third-order valence-corrected chi connectivity index (χ3v) is 6.88. The Hall–Kier alpha value is -3.01. The minimum absolute atomic E-state index is 0.00137. The van der Waals surface area contributed by atoms with Crippen LogP contribution in [0.5, 0.6) is 11.5 Å². The molecule has 2 aromatic carbocycles. The molecule has 1 amide bonds. The standard InChI is InChI=1S/C27H32FN3O4S/c1-18-12-31(13-19(2)35-18)27(32)24-17-36-26(29-24)16-30(14-20-5-8-22(28)9-6-20)15-21-7-10-23(33-3)11-25(21)34-4/h5-11,17-19H,12-16H2,1-4H3. The number of methoxy groups -OCH3 is 2. The van der Waals surface area contributed by atoms with Crippen molar-refractivity contribution in [2.75, 3.05) is 27.3 Å². The number of amides is 1. The van der Waals surface area contributed by atoms with Crippen LogP contribution in [0.25, 0.3) is 0 Å². The van der Waals surface area contributed by atoms with Gasteiger partial charge in [-0.2, -0.15) is 0 Å². The van der Waals surface area contributed by atoms with Crippen LogP contribution < -0.4 is 9.47 Å². The highest BCUT2D eigenvalue weighted by atomic mass is 32.1. The van der Waals surface area contributed by atoms with Gasteiger partial charge >= 0.3 is 0 Å². The van der Waals surface area contributed by atoms with Gasteiger partial charge in [0.25, 0.3) is 5.91 Å². The Bertz CT molecular complexity index is 1160. The van der Waals surface area contributed by atoms with Crippen molar-refractivity contribution in [3.63, 3.8) is 0 Å². The number of morpholine rings is 1. The van der Waals surface area contributed by atoms with Gasteiger partial charge in [0.1, 0.15) is 28.0 Å². The van der Waals surface area contributed by atoms with Crippen LogP contribution in [-0.4, -0.2) is 60.2 Å². The Kier molecular flexibility index (Phi) is 8.56. The van der Waals surface area contributed by atoms with Crippen LogP contribution in [0.1, 0.15) is 40.5 Å². The smallest absolute Gasteiger partial charge is 0.273 e. The van der Waals surface area contributed by atoms with Crippen molar-refractivity contribution in [3.8, 4) is 11.5 Å². The van der Waals surface area contributed by atoms with Gasteiger partial charge < -0.3 is 19.1 Å². The van der Waals surface area contributed by atoms with Gasteiger partial charge in [0.15, 0.2) is 0 Å². The van der Waals surface area contributed by atoms with Gasteiger partial charge in [0.05, 0.1) is 33.0 Å². The summed E-state index contributed by atoms with van der Waals surface area (Å²) in [6.45, 7) is 6.75. The predicted molar refractivity (Wildman–Crippen MR) is 137 cm³/mol. The van der Waals surface area contributed by atoms with Gasteiger partial charge in [-0.1, -0.05) is 18.2 Å². The zero-order valence-corrected chi connectivity index (χ0v) is 21.9. The van der Waals surface area contributed by atoms with Gasteiger partial charge in [-0.25, -0.2) is 9.37 Å². The molecule has 9 heteroatoms. The fourth-order valence-electron chi connectivity index (χ4n) is 4.42. The molecule has 1 fully saturated rings. The Morgan fingerprint density at radius 2 is 1.81 bits per heavy atom. The Balaban J connectivity index is 1.53. The molecule has 2 unspecified atom stereocenters. The first-order valence-corrected chi connectivity index (χ1v) is 12.8. The third kappa shape index (κ3) is 6.60. The van der Waals surface area contributed by atoms with E-state index in [-0.39, 0.29) is 23.9 Å². The van der Waals surface area contributed by atoms with Gasteiger partial charge in [-0.3, -0.25) is 9.69 Å². The number of carbonyl (C=O) groups is 1. The fraction of sp³-hybridized carbons (Fsp3) is 0.407. The van der Waals surface area contributed by atoms with Crippen molar-refractivity contribution in [2.45, 2.75) is 45.7 Å². The molecule has 0 bridgehead atoms. The molecule has 192 valence electrons. The Morgan fingerprint density at radius 3 is 2.47 bits per heavy atom. The lowest BCUT2D eigenvalue weighted by atomic mass is 10.1. The van der Waals surface area contributed by atoms with E-state index in [4.69, 9.17) is 14.2 Å². The van der Waals surface area contributed by atoms with Crippen molar-refractivity contribution >= 4 is 17.2 Å². The van der Waals surface area contributed by atoms with Gasteiger partial charge in [-0.15, -0.1) is 11.3 Å². The molecular weight excluding hydrogens is 481 g/mol. The monoisotopic (exact) mass is 513 g/mol. The molecule has 0 spiro atoms. The van der Waals surface area contributed by atoms with Crippen molar-refractivity contribution < 1.29 is 23.4 Å². The number of nitrogens with zero attached hydrogens (tertiary/aromatic N) is 3. The average Bonchev–Trinajstić information content (AvgIpc) is 3.33. The first-order chi connectivity index (χ1) is 17.3. The third-order valence-electron chi connectivity index (χ3n) is 6.04. The summed E-state index contributed by atoms with van der Waals surface area (Å²) >= 11 is 1.47. The molecule has 0 aliphatic carbocycles. The van der Waals surface area contributed by atoms with Crippen molar-refractivity contribution in [3.05, 3.63) is 75.5 Å². The van der Waals surface area contributed by atoms with E-state index in [1.807, 2.05) is 42.3 Å². The summed E-state index contributed by atoms with van der Waals surface area (Å²) in [6.07, 6.45) is 0.00275. The van der Waals surface area contributed by atoms with Crippen molar-refractivity contribution in [1.29, 1.82) is 0 Å². The number of thiazole rings is 1. The minimum Gasteiger partial charge on any atom is -0.497 e. The molecule has 7 nitrogen and oxygen atoms in total. The Labute approximate surface area is 215 Å². The summed E-state index contributed by atoms with van der Waals surface area (Å²) in [7, 11) is 3.25. The number of rotatable bonds is 9. The number of benzene rings is 2. The molecular formula is C27H32FN3O4S. The van der Waals surface area contributed by atoms with Crippen LogP contribution in [0.2, 0.25) is 0 Å². The summed E-state index contributed by atoms with van der Waals surface area (Å²) in [4.78, 5) is 21.8. The average molecular weight is 514 g/mol. The SMILES string of the molecule is COc1ccc(CN(Cc2ccc(F)cc2)Cc2nc(C(=O)N3CC(C)OC(C)C3)cs2)c(OC)c1. The number of carbonyl (C=O) groups excluding carboxylic acids is 1. The second-order valence-corrected chi connectivity index (χ2v) is 9.99. The van der Waals surface area contributed by atoms with E-state index in [1.165, 1.54) is 23.5 Å². The highest BCUT2D eigenvalue weighted by Gasteiger charge is 2.28. The maximum absolute atomic E-state index is 13.5. The molecule has 3 aromatic rings. The fourth-order valence-corrected chi connectivity index (χ4v) is 5.23. The molecule has 2 atom stereocenters. The molecule has 4 rings (SSSR count). The van der Waals surface area contributed by atoms with Crippen molar-refractivity contribution in [2.24, 2.45) is 0 Å². The highest BCUT2D eigenvalue weighted by Crippen LogP contribution is 2.27. The highest BCUT2D eigenvalue weighted by molar-refractivity contribution is 7.09. The molecule has 0 saturated carbocycles. The van der Waals surface area contributed by atoms with Crippen LogP contribution in [0, 0.1) is 5.82 Å². The number of ether oxygens (including phenoxy) is 3. The van der Waals surface area contributed by atoms with Gasteiger partial charge in [0.2, 0.25) is 0 Å². The maximum atomic E-state index is 13.5. The molecule has 1 aliphatic heterocycles. The molecule has 2 heterocycles. The van der Waals surface area contributed by atoms with E-state index in [9.17, 15) is 9.18 Å². The molecule has 1 aliphatic rings. The van der Waals surface area contributed by atoms with E-state index in [0.717, 1.165) is 27.6 Å². The second-order valence-electron chi connectivity index (χ2n) is 9.04. The van der Waals surface area contributed by atoms with Crippen LogP contribution in [0.4, 0.5) is 4.39 Å².